The Bertz CT molecular complexity index is 1110. The van der Waals surface area contributed by atoms with E-state index in [-0.39, 0.29) is 33.9 Å². The minimum absolute atomic E-state index is 0.0619. The Balaban J connectivity index is 2.26. The summed E-state index contributed by atoms with van der Waals surface area (Å²) in [4.78, 5) is -0.487. The number of hydrogen-bond donors (Lipinski definition) is 0. The molecular formula is C17H18ClF2NO5S2. The summed E-state index contributed by atoms with van der Waals surface area (Å²) < 4.78 is 83.3. The maximum Gasteiger partial charge on any atom is 0.267 e. The molecule has 1 aliphatic rings. The van der Waals surface area contributed by atoms with E-state index in [9.17, 15) is 25.6 Å². The first-order chi connectivity index (χ1) is 12.9. The van der Waals surface area contributed by atoms with Gasteiger partial charge in [-0.3, -0.25) is 0 Å². The van der Waals surface area contributed by atoms with E-state index >= 15 is 0 Å². The molecule has 0 fully saturated rings. The zero-order chi connectivity index (χ0) is 20.9. The number of fused-ring (bicyclic) bond motifs is 1. The molecule has 1 aliphatic carbocycles. The highest BCUT2D eigenvalue weighted by atomic mass is 35.7. The van der Waals surface area contributed by atoms with Gasteiger partial charge in [-0.15, -0.1) is 0 Å². The van der Waals surface area contributed by atoms with Crippen molar-refractivity contribution in [1.29, 1.82) is 0 Å². The third-order valence-electron chi connectivity index (χ3n) is 5.06. The van der Waals surface area contributed by atoms with Crippen LogP contribution in [0.4, 0.5) is 8.78 Å². The molecule has 1 aromatic heterocycles. The van der Waals surface area contributed by atoms with Crippen molar-refractivity contribution in [1.82, 2.24) is 3.97 Å². The molecule has 0 aliphatic heterocycles. The second kappa shape index (κ2) is 7.08. The predicted octanol–water partition coefficient (Wildman–Crippen LogP) is 3.10. The maximum absolute atomic E-state index is 13.7. The Morgan fingerprint density at radius 3 is 2.29 bits per heavy atom. The van der Waals surface area contributed by atoms with Gasteiger partial charge >= 0.3 is 0 Å². The Labute approximate surface area is 166 Å². The molecular weight excluding hydrogens is 436 g/mol. The number of ether oxygens (including phenoxy) is 1. The van der Waals surface area contributed by atoms with Crippen molar-refractivity contribution in [2.24, 2.45) is 0 Å². The third kappa shape index (κ3) is 3.47. The van der Waals surface area contributed by atoms with Crippen LogP contribution in [0.3, 0.4) is 0 Å². The second-order valence-electron chi connectivity index (χ2n) is 6.72. The van der Waals surface area contributed by atoms with Gasteiger partial charge in [-0.1, -0.05) is 17.7 Å². The first kappa shape index (κ1) is 21.2. The minimum atomic E-state index is -4.28. The van der Waals surface area contributed by atoms with Gasteiger partial charge in [0, 0.05) is 36.1 Å². The normalized spacial score (nSPS) is 20.4. The molecule has 0 saturated heterocycles. The smallest absolute Gasteiger partial charge is 0.267 e. The molecule has 0 saturated carbocycles. The number of halogens is 3. The van der Waals surface area contributed by atoms with Crippen LogP contribution in [0.2, 0.25) is 0 Å². The lowest BCUT2D eigenvalue weighted by atomic mass is 9.84. The summed E-state index contributed by atoms with van der Waals surface area (Å²) in [6.45, 7) is 1.78. The van der Waals surface area contributed by atoms with Crippen molar-refractivity contribution in [2.75, 3.05) is 7.11 Å². The molecule has 0 radical (unpaired) electrons. The van der Waals surface area contributed by atoms with Gasteiger partial charge in [0.1, 0.15) is 10.5 Å². The molecule has 1 aromatic carbocycles. The highest BCUT2D eigenvalue weighted by Gasteiger charge is 2.46. The fraction of sp³-hybridized carbons (Fsp3) is 0.412. The van der Waals surface area contributed by atoms with Crippen LogP contribution in [0, 0.1) is 6.92 Å². The molecule has 1 heterocycles. The van der Waals surface area contributed by atoms with Crippen molar-refractivity contribution in [3.8, 4) is 0 Å². The Morgan fingerprint density at radius 2 is 1.79 bits per heavy atom. The van der Waals surface area contributed by atoms with E-state index in [0.717, 1.165) is 22.8 Å². The number of rotatable bonds is 5. The van der Waals surface area contributed by atoms with Crippen molar-refractivity contribution < 1.29 is 30.4 Å². The molecule has 2 aromatic rings. The van der Waals surface area contributed by atoms with E-state index in [2.05, 4.69) is 0 Å². The number of hydrogen-bond acceptors (Lipinski definition) is 5. The molecule has 0 spiro atoms. The van der Waals surface area contributed by atoms with Gasteiger partial charge in [-0.25, -0.2) is 29.6 Å². The first-order valence-electron chi connectivity index (χ1n) is 8.26. The van der Waals surface area contributed by atoms with Gasteiger partial charge < -0.3 is 4.74 Å². The quantitative estimate of drug-likeness (QED) is 0.650. The maximum atomic E-state index is 13.7. The van der Waals surface area contributed by atoms with Gasteiger partial charge in [0.25, 0.3) is 25.5 Å². The van der Waals surface area contributed by atoms with E-state index in [1.165, 1.54) is 12.1 Å². The second-order valence-corrected chi connectivity index (χ2v) is 11.1. The summed E-state index contributed by atoms with van der Waals surface area (Å²) >= 11 is 0. The number of methoxy groups -OCH3 is 1. The van der Waals surface area contributed by atoms with Gasteiger partial charge in [0.15, 0.2) is 0 Å². The topological polar surface area (TPSA) is 82.4 Å². The monoisotopic (exact) mass is 453 g/mol. The lowest BCUT2D eigenvalue weighted by Gasteiger charge is -2.35. The number of alkyl halides is 2. The predicted molar refractivity (Wildman–Crippen MR) is 99.0 cm³/mol. The molecule has 6 nitrogen and oxygen atoms in total. The summed E-state index contributed by atoms with van der Waals surface area (Å²) in [7, 11) is -1.90. The molecule has 154 valence electrons. The molecule has 11 heteroatoms. The number of aromatic nitrogens is 1. The van der Waals surface area contributed by atoms with Crippen LogP contribution in [0.25, 0.3) is 0 Å². The summed E-state index contributed by atoms with van der Waals surface area (Å²) in [6, 6.07) is 5.90. The van der Waals surface area contributed by atoms with Gasteiger partial charge in [-0.05, 0) is 37.5 Å². The molecule has 0 N–H and O–H groups in total. The molecule has 28 heavy (non-hydrogen) atoms. The van der Waals surface area contributed by atoms with Crippen LogP contribution in [-0.4, -0.2) is 39.9 Å². The first-order valence-corrected chi connectivity index (χ1v) is 12.0. The van der Waals surface area contributed by atoms with E-state index in [1.807, 2.05) is 0 Å². The number of benzene rings is 1. The lowest BCUT2D eigenvalue weighted by Crippen LogP contribution is -2.45. The van der Waals surface area contributed by atoms with E-state index in [1.54, 1.807) is 19.1 Å². The zero-order valence-corrected chi connectivity index (χ0v) is 17.4. The van der Waals surface area contributed by atoms with E-state index in [4.69, 9.17) is 15.4 Å². The average Bonchev–Trinajstić information content (AvgIpc) is 3.01. The Morgan fingerprint density at radius 1 is 1.18 bits per heavy atom. The van der Waals surface area contributed by atoms with Crippen LogP contribution in [0.15, 0.2) is 40.3 Å². The van der Waals surface area contributed by atoms with Crippen molar-refractivity contribution >= 4 is 29.8 Å². The van der Waals surface area contributed by atoms with Crippen LogP contribution < -0.4 is 0 Å². The van der Waals surface area contributed by atoms with Crippen LogP contribution in [-0.2, 0) is 36.7 Å². The fourth-order valence-electron chi connectivity index (χ4n) is 3.40. The summed E-state index contributed by atoms with van der Waals surface area (Å²) in [5.41, 5.74) is -1.01. The summed E-state index contributed by atoms with van der Waals surface area (Å²) in [5.74, 6) is 0. The molecule has 0 unspecified atom stereocenters. The van der Waals surface area contributed by atoms with E-state index in [0.29, 0.717) is 0 Å². The molecule has 0 amide bonds. The fourth-order valence-corrected chi connectivity index (χ4v) is 6.02. The zero-order valence-electron chi connectivity index (χ0n) is 15.0. The van der Waals surface area contributed by atoms with Crippen molar-refractivity contribution in [2.45, 2.75) is 48.0 Å². The Kier molecular flexibility index (Phi) is 5.37. The third-order valence-corrected chi connectivity index (χ3v) is 8.14. The van der Waals surface area contributed by atoms with Crippen LogP contribution in [0.1, 0.15) is 23.2 Å². The number of aryl methyl sites for hydroxylation is 1. The Hall–Kier alpha value is -1.49. The van der Waals surface area contributed by atoms with Crippen molar-refractivity contribution in [3.63, 3.8) is 0 Å². The molecule has 3 rings (SSSR count). The SMILES string of the molecule is CO[C@@]1(C(F)F)CCc2c(S(=O)(=O)Cl)cn(S(=O)(=O)c3ccc(C)cc3)c2C1. The van der Waals surface area contributed by atoms with Crippen LogP contribution in [0.5, 0.6) is 0 Å². The molecule has 1 atom stereocenters. The van der Waals surface area contributed by atoms with Gasteiger partial charge in [-0.2, -0.15) is 0 Å². The molecule has 0 bridgehead atoms. The minimum Gasteiger partial charge on any atom is -0.372 e. The van der Waals surface area contributed by atoms with Gasteiger partial charge in [0.2, 0.25) is 0 Å². The lowest BCUT2D eigenvalue weighted by molar-refractivity contribution is -0.128. The highest BCUT2D eigenvalue weighted by molar-refractivity contribution is 8.13. The average molecular weight is 454 g/mol. The number of nitrogens with zero attached hydrogens (tertiary/aromatic N) is 1. The summed E-state index contributed by atoms with van der Waals surface area (Å²) in [5, 5.41) is 0. The van der Waals surface area contributed by atoms with Crippen molar-refractivity contribution in [3.05, 3.63) is 47.3 Å². The standard InChI is InChI=1S/C17H18ClF2NO5S2/c1-11-3-5-12(6-4-11)28(24,25)21-10-15(27(18,22)23)13-7-8-17(26-2,16(19)20)9-14(13)21/h3-6,10,16H,7-9H2,1-2H3/t17-/m0/s1. The largest absolute Gasteiger partial charge is 0.372 e. The van der Waals surface area contributed by atoms with Gasteiger partial charge in [0.05, 0.1) is 4.90 Å². The highest BCUT2D eigenvalue weighted by Crippen LogP contribution is 2.41. The summed E-state index contributed by atoms with van der Waals surface area (Å²) in [6.07, 6.45) is -2.73. The van der Waals surface area contributed by atoms with Crippen LogP contribution >= 0.6 is 10.7 Å². The van der Waals surface area contributed by atoms with E-state index < -0.39 is 37.5 Å².